The van der Waals surface area contributed by atoms with Crippen LogP contribution in [0.2, 0.25) is 0 Å². The monoisotopic (exact) mass is 913 g/mol. The minimum atomic E-state index is -1.05. The van der Waals surface area contributed by atoms with Crippen LogP contribution in [0.1, 0.15) is 0 Å². The molecule has 84 valence electrons. The molecular formula is C4CaI6O4. The molecule has 0 unspecified atom stereocenters. The molecule has 0 bridgehead atoms. The van der Waals surface area contributed by atoms with E-state index in [1.807, 2.05) is 0 Å². The first-order valence-electron chi connectivity index (χ1n) is 2.45. The first kappa shape index (κ1) is 24.6. The number of alkyl halides is 6. The Hall–Kier alpha value is 4.58. The van der Waals surface area contributed by atoms with Gasteiger partial charge in [0, 0.05) is 0 Å². The molecule has 0 saturated heterocycles. The molecule has 0 aromatic heterocycles. The number of rotatable bonds is 2. The topological polar surface area (TPSA) is 80.3 Å². The first-order chi connectivity index (χ1) is 5.89. The van der Waals surface area contributed by atoms with Crippen molar-refractivity contribution in [1.29, 1.82) is 0 Å². The molecule has 0 heterocycles. The van der Waals surface area contributed by atoms with E-state index in [2.05, 4.69) is 0 Å². The van der Waals surface area contributed by atoms with E-state index < -0.39 is 10.8 Å². The second-order valence-electron chi connectivity index (χ2n) is 1.57. The van der Waals surface area contributed by atoms with Crippen LogP contribution in [-0.2, 0) is 9.59 Å². The molecule has 4 nitrogen and oxygen atoms in total. The summed E-state index contributed by atoms with van der Waals surface area (Å²) in [6.07, 6.45) is 0. The van der Waals surface area contributed by atoms with Crippen LogP contribution in [0.4, 0.5) is 0 Å². The predicted octanol–water partition coefficient (Wildman–Crippen LogP) is 1.01. The van der Waals surface area contributed by atoms with Gasteiger partial charge in [-0.3, -0.25) is 0 Å². The van der Waals surface area contributed by atoms with Crippen molar-refractivity contribution < 1.29 is 19.8 Å². The van der Waals surface area contributed by atoms with Gasteiger partial charge in [0.2, 0.25) is 0 Å². The number of carbonyl (C=O) groups is 2. The summed E-state index contributed by atoms with van der Waals surface area (Å²) >= 11 is 10.7. The van der Waals surface area contributed by atoms with Crippen LogP contribution in [0.3, 0.4) is 0 Å². The molecule has 0 aliphatic rings. The average Bonchev–Trinajstić information content (AvgIpc) is 1.83. The molecule has 0 aromatic carbocycles. The Morgan fingerprint density at radius 3 is 0.800 bits per heavy atom. The molecule has 0 amide bonds. The van der Waals surface area contributed by atoms with Crippen molar-refractivity contribution in [3.05, 3.63) is 0 Å². The average molecular weight is 914 g/mol. The molecule has 15 heavy (non-hydrogen) atoms. The van der Waals surface area contributed by atoms with E-state index in [1.165, 1.54) is 0 Å². The van der Waals surface area contributed by atoms with Gasteiger partial charge in [0.15, 0.2) is -1.13 Å². The zero-order chi connectivity index (χ0) is 12.2. The fourth-order valence-electron chi connectivity index (χ4n) is 0. The number of hydrogen-bond donors (Lipinski definition) is 0. The van der Waals surface area contributed by atoms with Crippen LogP contribution < -0.4 is 10.2 Å². The molecular weight excluding hydrogens is 914 g/mol. The maximum Gasteiger partial charge on any atom is 2.00 e. The molecule has 0 spiro atoms. The molecule has 0 radical (unpaired) electrons. The number of carboxylic acid groups (broad SMARTS) is 2. The van der Waals surface area contributed by atoms with Gasteiger partial charge in [0.1, 0.15) is 0 Å². The quantitative estimate of drug-likeness (QED) is 0.236. The van der Waals surface area contributed by atoms with Crippen molar-refractivity contribution in [2.75, 3.05) is 0 Å². The molecule has 0 fully saturated rings. The summed E-state index contributed by atoms with van der Waals surface area (Å²) in [6.45, 7) is 0. The van der Waals surface area contributed by atoms with Gasteiger partial charge < -0.3 is 19.8 Å². The Morgan fingerprint density at radius 2 is 0.800 bits per heavy atom. The summed E-state index contributed by atoms with van der Waals surface area (Å²) in [6, 6.07) is 0. The summed E-state index contributed by atoms with van der Waals surface area (Å²) < 4.78 is -1.57. The van der Waals surface area contributed by atoms with Crippen LogP contribution in [0.5, 0.6) is 0 Å². The zero-order valence-electron chi connectivity index (χ0n) is 6.61. The van der Waals surface area contributed by atoms with Crippen molar-refractivity contribution in [1.82, 2.24) is 0 Å². The smallest absolute Gasteiger partial charge is 0.547 e. The van der Waals surface area contributed by atoms with E-state index in [9.17, 15) is 19.8 Å². The Bertz CT molecular complexity index is 196. The van der Waals surface area contributed by atoms with E-state index in [0.717, 1.165) is 0 Å². The molecule has 0 aliphatic heterocycles. The van der Waals surface area contributed by atoms with Gasteiger partial charge in [-0.15, -0.1) is 0 Å². The summed E-state index contributed by atoms with van der Waals surface area (Å²) in [4.78, 5) is 19.8. The number of aliphatic carboxylic acids is 2. The third-order valence-electron chi connectivity index (χ3n) is 0.463. The normalized spacial score (nSPS) is 10.5. The molecule has 0 saturated carbocycles. The third-order valence-corrected chi connectivity index (χ3v) is 3.11. The Kier molecular flexibility index (Phi) is 18.5. The summed E-state index contributed by atoms with van der Waals surface area (Å²) in [7, 11) is 0. The van der Waals surface area contributed by atoms with E-state index in [-0.39, 0.29) is 37.7 Å². The van der Waals surface area contributed by atoms with Gasteiger partial charge in [-0.25, -0.2) is 0 Å². The maximum absolute atomic E-state index is 9.89. The Labute approximate surface area is 198 Å². The van der Waals surface area contributed by atoms with E-state index in [4.69, 9.17) is 0 Å². The van der Waals surface area contributed by atoms with Gasteiger partial charge in [0.25, 0.3) is 0 Å². The predicted molar refractivity (Wildman–Crippen MR) is 105 cm³/mol. The molecule has 0 rings (SSSR count). The second-order valence-corrected chi connectivity index (χ2v) is 23.7. The van der Waals surface area contributed by atoms with Crippen LogP contribution >= 0.6 is 136 Å². The van der Waals surface area contributed by atoms with E-state index in [0.29, 0.717) is 0 Å². The van der Waals surface area contributed by atoms with E-state index >= 15 is 0 Å². The number of halogens is 6. The van der Waals surface area contributed by atoms with Crippen LogP contribution in [0.25, 0.3) is 0 Å². The second kappa shape index (κ2) is 11.3. The standard InChI is InChI=1S/2C2HI3O2.Ca/c2*3-2(4,5)1(6)7;/h2*(H,6,7);/q;;+2/p-2. The molecule has 0 aliphatic carbocycles. The van der Waals surface area contributed by atoms with E-state index in [1.54, 1.807) is 136 Å². The van der Waals surface area contributed by atoms with Crippen molar-refractivity contribution >= 4 is 185 Å². The van der Waals surface area contributed by atoms with Crippen molar-refractivity contribution in [3.8, 4) is 0 Å². The van der Waals surface area contributed by atoms with Gasteiger partial charge in [-0.1, -0.05) is 0 Å². The van der Waals surface area contributed by atoms with Crippen molar-refractivity contribution in [2.45, 2.75) is -1.13 Å². The van der Waals surface area contributed by atoms with Gasteiger partial charge in [-0.05, 0) is 136 Å². The fraction of sp³-hybridized carbons (Fsp3) is 0.500. The summed E-state index contributed by atoms with van der Waals surface area (Å²) in [5, 5.41) is 19.8. The van der Waals surface area contributed by atoms with Crippen molar-refractivity contribution in [3.63, 3.8) is 0 Å². The Balaban J connectivity index is -0.000000180. The third kappa shape index (κ3) is 18.6. The molecule has 0 aromatic rings. The number of carbonyl (C=O) groups excluding carboxylic acids is 2. The van der Waals surface area contributed by atoms with Gasteiger partial charge >= 0.3 is 37.7 Å². The fourth-order valence-corrected chi connectivity index (χ4v) is 0. The number of hydrogen-bond acceptors (Lipinski definition) is 4. The minimum Gasteiger partial charge on any atom is -0.547 e. The first-order valence-corrected chi connectivity index (χ1v) is 8.92. The summed E-state index contributed by atoms with van der Waals surface area (Å²) in [5.41, 5.74) is 0. The van der Waals surface area contributed by atoms with Crippen LogP contribution in [0, 0.1) is 0 Å². The van der Waals surface area contributed by atoms with Gasteiger partial charge in [0.05, 0.1) is 11.9 Å². The van der Waals surface area contributed by atoms with Crippen LogP contribution in [0.15, 0.2) is 0 Å². The minimum absolute atomic E-state index is 0. The largest absolute Gasteiger partial charge is 2.00 e. The molecule has 0 atom stereocenters. The zero-order valence-corrected chi connectivity index (χ0v) is 21.8. The Morgan fingerprint density at radius 1 is 0.733 bits per heavy atom. The van der Waals surface area contributed by atoms with Gasteiger partial charge in [-0.2, -0.15) is 0 Å². The van der Waals surface area contributed by atoms with Crippen LogP contribution in [-0.4, -0.2) is 48.5 Å². The molecule has 0 N–H and O–H groups in total. The summed E-state index contributed by atoms with van der Waals surface area (Å²) in [5.74, 6) is -2.09. The van der Waals surface area contributed by atoms with Crippen molar-refractivity contribution in [2.24, 2.45) is 0 Å². The maximum atomic E-state index is 9.89. The number of carboxylic acids is 2. The SMILES string of the molecule is O=C([O-])C(I)(I)I.O=C([O-])C(I)(I)I.[Ca+2]. The molecule has 11 heteroatoms.